The lowest BCUT2D eigenvalue weighted by Crippen LogP contribution is -2.32. The molecular formula is C14H17NO. The van der Waals surface area contributed by atoms with Crippen LogP contribution in [0.3, 0.4) is 0 Å². The van der Waals surface area contributed by atoms with Crippen LogP contribution in [0.4, 0.5) is 0 Å². The highest BCUT2D eigenvalue weighted by Gasteiger charge is 2.40. The molecule has 16 heavy (non-hydrogen) atoms. The van der Waals surface area contributed by atoms with Gasteiger partial charge in [-0.25, -0.2) is 0 Å². The van der Waals surface area contributed by atoms with Crippen molar-refractivity contribution in [3.05, 3.63) is 35.9 Å². The van der Waals surface area contributed by atoms with E-state index in [1.807, 2.05) is 0 Å². The van der Waals surface area contributed by atoms with E-state index in [1.54, 1.807) is 0 Å². The first-order valence-electron chi connectivity index (χ1n) is 6.11. The number of benzene rings is 1. The average Bonchev–Trinajstić information content (AvgIpc) is 2.78. The SMILES string of the molecule is CC1=NO[C@H]2CCC[C@H]2[C@@H]1c1ccccc1. The first-order chi connectivity index (χ1) is 7.86. The summed E-state index contributed by atoms with van der Waals surface area (Å²) in [7, 11) is 0. The quantitative estimate of drug-likeness (QED) is 0.704. The Kier molecular flexibility index (Phi) is 2.43. The summed E-state index contributed by atoms with van der Waals surface area (Å²) < 4.78 is 0. The van der Waals surface area contributed by atoms with E-state index in [-0.39, 0.29) is 0 Å². The van der Waals surface area contributed by atoms with Crippen LogP contribution in [0.5, 0.6) is 0 Å². The van der Waals surface area contributed by atoms with E-state index in [2.05, 4.69) is 42.4 Å². The normalized spacial score (nSPS) is 32.8. The van der Waals surface area contributed by atoms with Gasteiger partial charge < -0.3 is 4.84 Å². The first kappa shape index (κ1) is 9.88. The van der Waals surface area contributed by atoms with Gasteiger partial charge in [0, 0.05) is 11.8 Å². The van der Waals surface area contributed by atoms with Crippen molar-refractivity contribution in [2.24, 2.45) is 11.1 Å². The molecule has 3 atom stereocenters. The van der Waals surface area contributed by atoms with E-state index in [1.165, 1.54) is 24.8 Å². The summed E-state index contributed by atoms with van der Waals surface area (Å²) >= 11 is 0. The summed E-state index contributed by atoms with van der Waals surface area (Å²) in [6, 6.07) is 10.7. The van der Waals surface area contributed by atoms with E-state index in [4.69, 9.17) is 4.84 Å². The van der Waals surface area contributed by atoms with Crippen LogP contribution in [0.2, 0.25) is 0 Å². The molecule has 0 saturated heterocycles. The molecule has 0 N–H and O–H groups in total. The largest absolute Gasteiger partial charge is 0.392 e. The summed E-state index contributed by atoms with van der Waals surface area (Å²) in [6.45, 7) is 2.09. The summed E-state index contributed by atoms with van der Waals surface area (Å²) in [5, 5.41) is 4.25. The predicted octanol–water partition coefficient (Wildman–Crippen LogP) is 3.35. The fourth-order valence-electron chi connectivity index (χ4n) is 3.13. The van der Waals surface area contributed by atoms with Crippen LogP contribution in [0, 0.1) is 5.92 Å². The lowest BCUT2D eigenvalue weighted by molar-refractivity contribution is 0.0152. The van der Waals surface area contributed by atoms with Crippen LogP contribution in [-0.2, 0) is 4.84 Å². The van der Waals surface area contributed by atoms with Crippen molar-refractivity contribution in [3.63, 3.8) is 0 Å². The molecule has 0 radical (unpaired) electrons. The number of hydrogen-bond acceptors (Lipinski definition) is 2. The number of rotatable bonds is 1. The predicted molar refractivity (Wildman–Crippen MR) is 64.5 cm³/mol. The molecule has 1 saturated carbocycles. The van der Waals surface area contributed by atoms with E-state index in [0.29, 0.717) is 17.9 Å². The molecule has 1 fully saturated rings. The molecule has 0 aromatic heterocycles. The van der Waals surface area contributed by atoms with Crippen molar-refractivity contribution in [1.29, 1.82) is 0 Å². The molecule has 1 aromatic carbocycles. The van der Waals surface area contributed by atoms with Gasteiger partial charge in [0.25, 0.3) is 0 Å². The molecule has 1 heterocycles. The summed E-state index contributed by atoms with van der Waals surface area (Å²) in [5.74, 6) is 1.11. The Labute approximate surface area is 96.3 Å². The fraction of sp³-hybridized carbons (Fsp3) is 0.500. The molecule has 0 bridgehead atoms. The highest BCUT2D eigenvalue weighted by Crippen LogP contribution is 2.42. The number of nitrogens with zero attached hydrogens (tertiary/aromatic N) is 1. The molecule has 0 unspecified atom stereocenters. The maximum absolute atomic E-state index is 5.55. The zero-order chi connectivity index (χ0) is 11.0. The second-order valence-electron chi connectivity index (χ2n) is 4.86. The molecule has 2 heteroatoms. The maximum atomic E-state index is 5.55. The van der Waals surface area contributed by atoms with Gasteiger partial charge in [-0.2, -0.15) is 0 Å². The Morgan fingerprint density at radius 2 is 2.00 bits per heavy atom. The van der Waals surface area contributed by atoms with Gasteiger partial charge in [0.15, 0.2) is 0 Å². The van der Waals surface area contributed by atoms with Gasteiger partial charge in [-0.15, -0.1) is 0 Å². The molecule has 2 nitrogen and oxygen atoms in total. The number of hydrogen-bond donors (Lipinski definition) is 0. The molecule has 1 aliphatic carbocycles. The van der Waals surface area contributed by atoms with E-state index in [9.17, 15) is 0 Å². The van der Waals surface area contributed by atoms with Crippen molar-refractivity contribution in [1.82, 2.24) is 0 Å². The first-order valence-corrected chi connectivity index (χ1v) is 6.11. The molecule has 0 spiro atoms. The zero-order valence-electron chi connectivity index (χ0n) is 9.60. The second-order valence-corrected chi connectivity index (χ2v) is 4.86. The van der Waals surface area contributed by atoms with Crippen LogP contribution in [0.25, 0.3) is 0 Å². The smallest absolute Gasteiger partial charge is 0.131 e. The highest BCUT2D eigenvalue weighted by atomic mass is 16.6. The third-order valence-electron chi connectivity index (χ3n) is 3.87. The molecule has 1 aliphatic heterocycles. The van der Waals surface area contributed by atoms with Crippen molar-refractivity contribution >= 4 is 5.71 Å². The highest BCUT2D eigenvalue weighted by molar-refractivity contribution is 5.89. The van der Waals surface area contributed by atoms with Crippen LogP contribution in [0.1, 0.15) is 37.7 Å². The minimum Gasteiger partial charge on any atom is -0.392 e. The number of fused-ring (bicyclic) bond motifs is 1. The standard InChI is InChI=1S/C14H17NO/c1-10-14(11-6-3-2-4-7-11)12-8-5-9-13(12)16-15-10/h2-4,6-7,12-14H,5,8-9H2,1H3/t12-,13+,14+/m1/s1. The van der Waals surface area contributed by atoms with Gasteiger partial charge in [0.1, 0.15) is 6.10 Å². The van der Waals surface area contributed by atoms with Gasteiger partial charge in [0.2, 0.25) is 0 Å². The van der Waals surface area contributed by atoms with Crippen molar-refractivity contribution in [2.75, 3.05) is 0 Å². The van der Waals surface area contributed by atoms with Crippen molar-refractivity contribution in [3.8, 4) is 0 Å². The van der Waals surface area contributed by atoms with Gasteiger partial charge in [0.05, 0.1) is 5.71 Å². The van der Waals surface area contributed by atoms with Crippen LogP contribution < -0.4 is 0 Å². The molecule has 3 rings (SSSR count). The Morgan fingerprint density at radius 3 is 2.81 bits per heavy atom. The third-order valence-corrected chi connectivity index (χ3v) is 3.87. The van der Waals surface area contributed by atoms with E-state index < -0.39 is 0 Å². The van der Waals surface area contributed by atoms with E-state index in [0.717, 1.165) is 5.71 Å². The molecule has 1 aromatic rings. The lowest BCUT2D eigenvalue weighted by atomic mass is 9.80. The second kappa shape index (κ2) is 3.93. The Morgan fingerprint density at radius 1 is 1.19 bits per heavy atom. The Bertz CT molecular complexity index is 398. The minimum atomic E-state index is 0.355. The zero-order valence-corrected chi connectivity index (χ0v) is 9.60. The molecule has 84 valence electrons. The third kappa shape index (κ3) is 1.53. The fourth-order valence-corrected chi connectivity index (χ4v) is 3.13. The topological polar surface area (TPSA) is 21.6 Å². The van der Waals surface area contributed by atoms with Crippen LogP contribution in [0.15, 0.2) is 35.5 Å². The van der Waals surface area contributed by atoms with Crippen LogP contribution >= 0.6 is 0 Å². The summed E-state index contributed by atoms with van der Waals surface area (Å²) in [6.07, 6.45) is 4.08. The lowest BCUT2D eigenvalue weighted by Gasteiger charge is -2.31. The van der Waals surface area contributed by atoms with Gasteiger partial charge >= 0.3 is 0 Å². The summed E-state index contributed by atoms with van der Waals surface area (Å²) in [4.78, 5) is 5.55. The Hall–Kier alpha value is -1.31. The van der Waals surface area contributed by atoms with Gasteiger partial charge in [-0.1, -0.05) is 35.5 Å². The summed E-state index contributed by atoms with van der Waals surface area (Å²) in [5.41, 5.74) is 2.53. The van der Waals surface area contributed by atoms with Crippen molar-refractivity contribution in [2.45, 2.75) is 38.2 Å². The monoisotopic (exact) mass is 215 g/mol. The Balaban J connectivity index is 1.97. The molecule has 0 amide bonds. The molecule has 2 aliphatic rings. The average molecular weight is 215 g/mol. The number of oxime groups is 1. The van der Waals surface area contributed by atoms with Crippen molar-refractivity contribution < 1.29 is 4.84 Å². The van der Waals surface area contributed by atoms with E-state index >= 15 is 0 Å². The van der Waals surface area contributed by atoms with Gasteiger partial charge in [-0.05, 0) is 31.7 Å². The maximum Gasteiger partial charge on any atom is 0.131 e. The molecular weight excluding hydrogens is 198 g/mol. The van der Waals surface area contributed by atoms with Crippen LogP contribution in [-0.4, -0.2) is 11.8 Å². The van der Waals surface area contributed by atoms with Gasteiger partial charge in [-0.3, -0.25) is 0 Å². The minimum absolute atomic E-state index is 0.355.